The van der Waals surface area contributed by atoms with Crippen molar-refractivity contribution in [2.45, 2.75) is 45.7 Å². The molecule has 3 aromatic rings. The maximum Gasteiger partial charge on any atom is 0.257 e. The number of carbonyl (C=O) groups excluding carboxylic acids is 1. The molecule has 1 unspecified atom stereocenters. The maximum absolute atomic E-state index is 13.5. The Labute approximate surface area is 184 Å². The van der Waals surface area contributed by atoms with E-state index in [2.05, 4.69) is 59.2 Å². The number of hydrogen-bond acceptors (Lipinski definition) is 4. The molecule has 1 aliphatic heterocycles. The zero-order valence-electron chi connectivity index (χ0n) is 18.4. The van der Waals surface area contributed by atoms with Crippen molar-refractivity contribution in [2.75, 3.05) is 19.6 Å². The number of piperazine rings is 1. The Hall–Kier alpha value is -2.99. The molecule has 0 radical (unpaired) electrons. The molecule has 31 heavy (non-hydrogen) atoms. The van der Waals surface area contributed by atoms with E-state index in [4.69, 9.17) is 0 Å². The number of nitrogens with zero attached hydrogens (tertiary/aromatic N) is 5. The van der Waals surface area contributed by atoms with E-state index >= 15 is 0 Å². The summed E-state index contributed by atoms with van der Waals surface area (Å²) in [7, 11) is 0. The van der Waals surface area contributed by atoms with E-state index < -0.39 is 0 Å². The third kappa shape index (κ3) is 4.69. The van der Waals surface area contributed by atoms with Crippen LogP contribution in [-0.2, 0) is 13.0 Å². The molecular weight excluding hydrogens is 386 g/mol. The van der Waals surface area contributed by atoms with Crippen LogP contribution in [0, 0.1) is 0 Å². The van der Waals surface area contributed by atoms with Crippen molar-refractivity contribution in [3.8, 4) is 5.82 Å². The highest BCUT2D eigenvalue weighted by Gasteiger charge is 2.31. The minimum atomic E-state index is 0.0829. The molecule has 1 atom stereocenters. The zero-order valence-corrected chi connectivity index (χ0v) is 18.4. The highest BCUT2D eigenvalue weighted by Crippen LogP contribution is 2.22. The molecule has 6 heteroatoms. The van der Waals surface area contributed by atoms with Crippen molar-refractivity contribution in [1.82, 2.24) is 24.6 Å². The fourth-order valence-electron chi connectivity index (χ4n) is 4.45. The van der Waals surface area contributed by atoms with Gasteiger partial charge in [0.2, 0.25) is 0 Å². The van der Waals surface area contributed by atoms with Gasteiger partial charge in [-0.15, -0.1) is 0 Å². The van der Waals surface area contributed by atoms with E-state index in [1.807, 2.05) is 23.1 Å². The lowest BCUT2D eigenvalue weighted by atomic mass is 10.0. The van der Waals surface area contributed by atoms with Gasteiger partial charge in [-0.3, -0.25) is 9.69 Å². The first-order valence-corrected chi connectivity index (χ1v) is 11.3. The Morgan fingerprint density at radius 2 is 1.87 bits per heavy atom. The molecule has 1 saturated heterocycles. The number of carbonyl (C=O) groups is 1. The van der Waals surface area contributed by atoms with Crippen molar-refractivity contribution in [2.24, 2.45) is 0 Å². The molecule has 2 aromatic heterocycles. The molecule has 0 saturated carbocycles. The van der Waals surface area contributed by atoms with Gasteiger partial charge in [-0.25, -0.2) is 9.67 Å². The Morgan fingerprint density at radius 3 is 2.58 bits per heavy atom. The van der Waals surface area contributed by atoms with Crippen LogP contribution in [-0.4, -0.2) is 56.1 Å². The van der Waals surface area contributed by atoms with Gasteiger partial charge in [0.1, 0.15) is 0 Å². The van der Waals surface area contributed by atoms with Gasteiger partial charge in [0, 0.05) is 38.4 Å². The normalized spacial score (nSPS) is 17.1. The van der Waals surface area contributed by atoms with Gasteiger partial charge in [-0.05, 0) is 30.5 Å². The summed E-state index contributed by atoms with van der Waals surface area (Å²) >= 11 is 0. The second kappa shape index (κ2) is 9.88. The fraction of sp³-hybridized carbons (Fsp3) is 0.400. The smallest absolute Gasteiger partial charge is 0.257 e. The van der Waals surface area contributed by atoms with Crippen LogP contribution in [0.15, 0.2) is 60.9 Å². The molecule has 0 aliphatic carbocycles. The predicted molar refractivity (Wildman–Crippen MR) is 122 cm³/mol. The largest absolute Gasteiger partial charge is 0.336 e. The van der Waals surface area contributed by atoms with Crippen molar-refractivity contribution >= 4 is 5.91 Å². The van der Waals surface area contributed by atoms with Crippen molar-refractivity contribution < 1.29 is 4.79 Å². The third-order valence-corrected chi connectivity index (χ3v) is 6.04. The van der Waals surface area contributed by atoms with Crippen LogP contribution in [0.2, 0.25) is 0 Å². The van der Waals surface area contributed by atoms with E-state index in [9.17, 15) is 4.79 Å². The van der Waals surface area contributed by atoms with Gasteiger partial charge in [0.15, 0.2) is 5.82 Å². The first-order valence-electron chi connectivity index (χ1n) is 11.3. The molecule has 1 aromatic carbocycles. The lowest BCUT2D eigenvalue weighted by Gasteiger charge is -2.41. The van der Waals surface area contributed by atoms with Gasteiger partial charge >= 0.3 is 0 Å². The number of pyridine rings is 1. The van der Waals surface area contributed by atoms with E-state index in [0.717, 1.165) is 57.0 Å². The summed E-state index contributed by atoms with van der Waals surface area (Å²) in [4.78, 5) is 22.4. The van der Waals surface area contributed by atoms with Crippen LogP contribution < -0.4 is 0 Å². The zero-order chi connectivity index (χ0) is 21.6. The Balaban J connectivity index is 1.51. The Morgan fingerprint density at radius 1 is 1.06 bits per heavy atom. The van der Waals surface area contributed by atoms with Gasteiger partial charge in [0.05, 0.1) is 17.5 Å². The molecule has 1 aliphatic rings. The summed E-state index contributed by atoms with van der Waals surface area (Å²) in [5, 5.41) is 4.50. The van der Waals surface area contributed by atoms with E-state index in [-0.39, 0.29) is 5.91 Å². The molecular formula is C25H31N5O. The van der Waals surface area contributed by atoms with Crippen LogP contribution >= 0.6 is 0 Å². The minimum Gasteiger partial charge on any atom is -0.336 e. The maximum atomic E-state index is 13.5. The average Bonchev–Trinajstić information content (AvgIpc) is 3.25. The average molecular weight is 418 g/mol. The molecule has 3 heterocycles. The highest BCUT2D eigenvalue weighted by molar-refractivity contribution is 5.95. The van der Waals surface area contributed by atoms with Crippen molar-refractivity contribution in [3.05, 3.63) is 77.7 Å². The quantitative estimate of drug-likeness (QED) is 0.584. The van der Waals surface area contributed by atoms with Crippen LogP contribution in [0.1, 0.15) is 48.3 Å². The van der Waals surface area contributed by atoms with Gasteiger partial charge in [-0.2, -0.15) is 5.10 Å². The first kappa shape index (κ1) is 21.2. The topological polar surface area (TPSA) is 54.3 Å². The lowest BCUT2D eigenvalue weighted by molar-refractivity contribution is 0.0437. The highest BCUT2D eigenvalue weighted by atomic mass is 16.2. The van der Waals surface area contributed by atoms with Crippen LogP contribution in [0.3, 0.4) is 0 Å². The minimum absolute atomic E-state index is 0.0829. The summed E-state index contributed by atoms with van der Waals surface area (Å²) in [5.74, 6) is 0.828. The monoisotopic (exact) mass is 417 g/mol. The van der Waals surface area contributed by atoms with Crippen molar-refractivity contribution in [1.29, 1.82) is 0 Å². The number of aromatic nitrogens is 3. The van der Waals surface area contributed by atoms with Crippen molar-refractivity contribution in [3.63, 3.8) is 0 Å². The standard InChI is InChI=1S/C25H31N5O/c1-3-10-21-19-29(16-15-28(21)18-20-11-6-5-7-12-20)25(31)22-17-27-30(23(22)4-2)24-13-8-9-14-26-24/h5-9,11-14,17,21H,3-4,10,15-16,18-19H2,1-2H3. The molecule has 1 fully saturated rings. The lowest BCUT2D eigenvalue weighted by Crippen LogP contribution is -2.54. The molecule has 0 N–H and O–H groups in total. The third-order valence-electron chi connectivity index (χ3n) is 6.04. The van der Waals surface area contributed by atoms with Gasteiger partial charge in [-0.1, -0.05) is 56.7 Å². The fourth-order valence-corrected chi connectivity index (χ4v) is 4.45. The summed E-state index contributed by atoms with van der Waals surface area (Å²) in [5.41, 5.74) is 2.94. The second-order valence-electron chi connectivity index (χ2n) is 8.11. The Kier molecular flexibility index (Phi) is 6.77. The van der Waals surface area contributed by atoms with E-state index in [0.29, 0.717) is 11.6 Å². The van der Waals surface area contributed by atoms with E-state index in [1.54, 1.807) is 17.1 Å². The van der Waals surface area contributed by atoms with E-state index in [1.165, 1.54) is 5.56 Å². The molecule has 6 nitrogen and oxygen atoms in total. The Bertz CT molecular complexity index is 986. The summed E-state index contributed by atoms with van der Waals surface area (Å²) in [6.07, 6.45) is 6.38. The molecule has 4 rings (SSSR count). The van der Waals surface area contributed by atoms with Crippen LogP contribution in [0.25, 0.3) is 5.82 Å². The van der Waals surface area contributed by atoms with Gasteiger partial charge < -0.3 is 4.90 Å². The second-order valence-corrected chi connectivity index (χ2v) is 8.11. The number of hydrogen-bond donors (Lipinski definition) is 0. The summed E-state index contributed by atoms with van der Waals surface area (Å²) in [6, 6.07) is 16.7. The first-order chi connectivity index (χ1) is 15.2. The predicted octanol–water partition coefficient (Wildman–Crippen LogP) is 3.96. The van der Waals surface area contributed by atoms with Crippen LogP contribution in [0.4, 0.5) is 0 Å². The summed E-state index contributed by atoms with van der Waals surface area (Å²) < 4.78 is 1.79. The molecule has 162 valence electrons. The molecule has 0 bridgehead atoms. The molecule has 1 amide bonds. The molecule has 0 spiro atoms. The summed E-state index contributed by atoms with van der Waals surface area (Å²) in [6.45, 7) is 7.60. The number of benzene rings is 1. The number of rotatable bonds is 7. The van der Waals surface area contributed by atoms with Crippen LogP contribution in [0.5, 0.6) is 0 Å². The number of amides is 1. The van der Waals surface area contributed by atoms with Gasteiger partial charge in [0.25, 0.3) is 5.91 Å². The SMILES string of the molecule is CCCC1CN(C(=O)c2cnn(-c3ccccn3)c2CC)CCN1Cc1ccccc1.